The second-order valence-electron chi connectivity index (χ2n) is 9.30. The zero-order valence-corrected chi connectivity index (χ0v) is 15.6. The highest BCUT2D eigenvalue weighted by atomic mass is 16.3. The molecule has 0 heterocycles. The summed E-state index contributed by atoms with van der Waals surface area (Å²) in [6.45, 7) is 0. The Labute approximate surface area is 156 Å². The molecule has 1 aromatic rings. The van der Waals surface area contributed by atoms with Crippen molar-refractivity contribution in [2.75, 3.05) is 0 Å². The number of hydrogen-bond acceptors (Lipinski definition) is 2. The van der Waals surface area contributed by atoms with E-state index in [4.69, 9.17) is 0 Å². The Kier molecular flexibility index (Phi) is 3.99. The Balaban J connectivity index is 1.46. The van der Waals surface area contributed by atoms with Crippen molar-refractivity contribution in [3.8, 4) is 5.75 Å². The topological polar surface area (TPSA) is 37.3 Å². The van der Waals surface area contributed by atoms with Crippen LogP contribution in [0.2, 0.25) is 0 Å². The molecule has 4 aliphatic rings. The summed E-state index contributed by atoms with van der Waals surface area (Å²) in [5.74, 6) is 3.78. The van der Waals surface area contributed by atoms with Crippen LogP contribution in [0.5, 0.6) is 5.75 Å². The van der Waals surface area contributed by atoms with Gasteiger partial charge in [-0.15, -0.1) is 0 Å². The van der Waals surface area contributed by atoms with Gasteiger partial charge in [0.05, 0.1) is 0 Å². The van der Waals surface area contributed by atoms with Crippen molar-refractivity contribution in [2.24, 2.45) is 29.1 Å². The third kappa shape index (κ3) is 2.48. The number of Topliss-reactive ketones (excluding diaryl/α,β-unsaturated/α-hetero) is 1. The van der Waals surface area contributed by atoms with Crippen LogP contribution in [0.25, 0.3) is 0 Å². The molecule has 4 aliphatic carbocycles. The molecular weight excluding hydrogens is 320 g/mol. The standard InChI is InChI=1S/C24H30O2/c25-18-8-5-16(6-9-18)15-24-14-13-20-19-4-2-1-3-17(19)7-10-21(20)22(24)11-12-23(24)26/h5-9,19-22,25H,1-4,10-15H2/t19-,20+,21+,22-,24+/m0/s1. The fraction of sp³-hybridized carbons (Fsp3) is 0.625. The molecule has 0 bridgehead atoms. The first kappa shape index (κ1) is 16.6. The zero-order valence-electron chi connectivity index (χ0n) is 15.6. The SMILES string of the molecule is O=C1CC[C@H]2[C@@H]3CC=C4CCCC[C@@H]4[C@H]3CC[C@]12Cc1ccc(O)cc1. The molecule has 3 fully saturated rings. The highest BCUT2D eigenvalue weighted by molar-refractivity contribution is 5.88. The van der Waals surface area contributed by atoms with Crippen LogP contribution in [0.15, 0.2) is 35.9 Å². The summed E-state index contributed by atoms with van der Waals surface area (Å²) in [4.78, 5) is 13.1. The first-order chi connectivity index (χ1) is 12.7. The van der Waals surface area contributed by atoms with E-state index >= 15 is 0 Å². The third-order valence-corrected chi connectivity index (χ3v) is 8.27. The Bertz CT molecular complexity index is 731. The minimum absolute atomic E-state index is 0.127. The van der Waals surface area contributed by atoms with Gasteiger partial charge in [-0.3, -0.25) is 4.79 Å². The van der Waals surface area contributed by atoms with Crippen molar-refractivity contribution in [2.45, 2.75) is 64.2 Å². The number of aromatic hydroxyl groups is 1. The number of rotatable bonds is 2. The van der Waals surface area contributed by atoms with Crippen molar-refractivity contribution in [1.29, 1.82) is 0 Å². The van der Waals surface area contributed by atoms with Gasteiger partial charge in [-0.1, -0.05) is 30.2 Å². The van der Waals surface area contributed by atoms with Crippen molar-refractivity contribution in [3.63, 3.8) is 0 Å². The average Bonchev–Trinajstić information content (AvgIpc) is 3.00. The van der Waals surface area contributed by atoms with Gasteiger partial charge in [-0.2, -0.15) is 0 Å². The number of phenols is 1. The molecule has 0 saturated heterocycles. The van der Waals surface area contributed by atoms with Gasteiger partial charge in [0.2, 0.25) is 0 Å². The van der Waals surface area contributed by atoms with Gasteiger partial charge >= 0.3 is 0 Å². The van der Waals surface area contributed by atoms with Crippen molar-refractivity contribution >= 4 is 5.78 Å². The number of benzene rings is 1. The predicted molar refractivity (Wildman–Crippen MR) is 103 cm³/mol. The fourth-order valence-corrected chi connectivity index (χ4v) is 7.13. The number of carbonyl (C=O) groups is 1. The summed E-state index contributed by atoms with van der Waals surface area (Å²) in [5, 5.41) is 9.59. The monoisotopic (exact) mass is 350 g/mol. The second-order valence-corrected chi connectivity index (χ2v) is 9.30. The lowest BCUT2D eigenvalue weighted by Gasteiger charge is -2.52. The fourth-order valence-electron chi connectivity index (χ4n) is 7.13. The van der Waals surface area contributed by atoms with Gasteiger partial charge in [0.25, 0.3) is 0 Å². The lowest BCUT2D eigenvalue weighted by Crippen LogP contribution is -2.48. The molecule has 0 aliphatic heterocycles. The zero-order chi connectivity index (χ0) is 17.7. The van der Waals surface area contributed by atoms with E-state index in [1.54, 1.807) is 17.7 Å². The van der Waals surface area contributed by atoms with Crippen LogP contribution in [0, 0.1) is 29.1 Å². The van der Waals surface area contributed by atoms with Gasteiger partial charge in [-0.05, 0) is 92.7 Å². The molecule has 2 heteroatoms. The molecule has 26 heavy (non-hydrogen) atoms. The van der Waals surface area contributed by atoms with Crippen LogP contribution in [0.4, 0.5) is 0 Å². The highest BCUT2D eigenvalue weighted by Gasteiger charge is 2.57. The Morgan fingerprint density at radius 3 is 2.69 bits per heavy atom. The van der Waals surface area contributed by atoms with Gasteiger partial charge in [0, 0.05) is 11.8 Å². The molecule has 0 radical (unpaired) electrons. The molecule has 0 unspecified atom stereocenters. The molecule has 2 nitrogen and oxygen atoms in total. The van der Waals surface area contributed by atoms with Gasteiger partial charge < -0.3 is 5.11 Å². The van der Waals surface area contributed by atoms with Crippen molar-refractivity contribution < 1.29 is 9.90 Å². The molecule has 138 valence electrons. The summed E-state index contributed by atoms with van der Waals surface area (Å²) >= 11 is 0. The maximum atomic E-state index is 13.1. The number of ketones is 1. The second kappa shape index (κ2) is 6.25. The van der Waals surface area contributed by atoms with Crippen LogP contribution in [-0.4, -0.2) is 10.9 Å². The van der Waals surface area contributed by atoms with E-state index in [1.165, 1.54) is 44.1 Å². The van der Waals surface area contributed by atoms with Crippen LogP contribution < -0.4 is 0 Å². The Morgan fingerprint density at radius 2 is 1.85 bits per heavy atom. The molecule has 5 atom stereocenters. The van der Waals surface area contributed by atoms with Crippen molar-refractivity contribution in [1.82, 2.24) is 0 Å². The molecule has 3 saturated carbocycles. The Morgan fingerprint density at radius 1 is 1.00 bits per heavy atom. The average molecular weight is 351 g/mol. The summed E-state index contributed by atoms with van der Waals surface area (Å²) in [6.07, 6.45) is 14.4. The Hall–Kier alpha value is -1.57. The predicted octanol–water partition coefficient (Wildman–Crippen LogP) is 5.45. The molecule has 5 rings (SSSR count). The molecular formula is C24H30O2. The molecule has 0 spiro atoms. The van der Waals surface area contributed by atoms with Crippen LogP contribution in [0.3, 0.4) is 0 Å². The number of fused-ring (bicyclic) bond motifs is 5. The highest BCUT2D eigenvalue weighted by Crippen LogP contribution is 2.61. The largest absolute Gasteiger partial charge is 0.508 e. The molecule has 0 amide bonds. The van der Waals surface area contributed by atoms with Crippen LogP contribution in [0.1, 0.15) is 63.4 Å². The minimum Gasteiger partial charge on any atom is -0.508 e. The van der Waals surface area contributed by atoms with E-state index in [0.29, 0.717) is 17.5 Å². The number of phenolic OH excluding ortho intramolecular Hbond substituents is 1. The lowest BCUT2D eigenvalue weighted by molar-refractivity contribution is -0.132. The number of allylic oxidation sites excluding steroid dienone is 2. The quantitative estimate of drug-likeness (QED) is 0.720. The summed E-state index contributed by atoms with van der Waals surface area (Å²) in [7, 11) is 0. The molecule has 1 N–H and O–H groups in total. The molecule has 1 aromatic carbocycles. The smallest absolute Gasteiger partial charge is 0.139 e. The third-order valence-electron chi connectivity index (χ3n) is 8.27. The number of hydrogen-bond donors (Lipinski definition) is 1. The van der Waals surface area contributed by atoms with E-state index in [0.717, 1.165) is 43.4 Å². The summed E-state index contributed by atoms with van der Waals surface area (Å²) in [6, 6.07) is 7.56. The summed E-state index contributed by atoms with van der Waals surface area (Å²) in [5.41, 5.74) is 2.84. The van der Waals surface area contributed by atoms with Gasteiger partial charge in [0.15, 0.2) is 0 Å². The molecule has 0 aromatic heterocycles. The summed E-state index contributed by atoms with van der Waals surface area (Å²) < 4.78 is 0. The van der Waals surface area contributed by atoms with Crippen LogP contribution in [-0.2, 0) is 11.2 Å². The van der Waals surface area contributed by atoms with E-state index in [1.807, 2.05) is 12.1 Å². The van der Waals surface area contributed by atoms with E-state index in [9.17, 15) is 9.90 Å². The van der Waals surface area contributed by atoms with Crippen LogP contribution >= 0.6 is 0 Å². The van der Waals surface area contributed by atoms with E-state index < -0.39 is 0 Å². The van der Waals surface area contributed by atoms with Crippen molar-refractivity contribution in [3.05, 3.63) is 41.5 Å². The van der Waals surface area contributed by atoms with E-state index in [2.05, 4.69) is 6.08 Å². The van der Waals surface area contributed by atoms with Gasteiger partial charge in [0.1, 0.15) is 11.5 Å². The first-order valence-electron chi connectivity index (χ1n) is 10.7. The maximum absolute atomic E-state index is 13.1. The minimum atomic E-state index is -0.127. The maximum Gasteiger partial charge on any atom is 0.139 e. The first-order valence-corrected chi connectivity index (χ1v) is 10.7. The van der Waals surface area contributed by atoms with E-state index in [-0.39, 0.29) is 5.41 Å². The normalized spacial score (nSPS) is 38.9. The van der Waals surface area contributed by atoms with Gasteiger partial charge in [-0.25, -0.2) is 0 Å². The number of carbonyl (C=O) groups excluding carboxylic acids is 1. The lowest BCUT2D eigenvalue weighted by atomic mass is 9.51.